The van der Waals surface area contributed by atoms with Gasteiger partial charge in [0.1, 0.15) is 0 Å². The Hall–Kier alpha value is -1.61. The quantitative estimate of drug-likeness (QED) is 0.848. The Labute approximate surface area is 96.1 Å². The third kappa shape index (κ3) is 2.31. The van der Waals surface area contributed by atoms with E-state index in [1.54, 1.807) is 0 Å². The topological polar surface area (TPSA) is 29.9 Å². The predicted molar refractivity (Wildman–Crippen MR) is 65.7 cm³/mol. The van der Waals surface area contributed by atoms with Crippen LogP contribution in [0.15, 0.2) is 36.8 Å². The van der Waals surface area contributed by atoms with Gasteiger partial charge in [0, 0.05) is 24.1 Å². The molecular formula is C13H17N3. The van der Waals surface area contributed by atoms with Gasteiger partial charge in [0.2, 0.25) is 0 Å². The highest BCUT2D eigenvalue weighted by molar-refractivity contribution is 5.37. The second kappa shape index (κ2) is 4.94. The Morgan fingerprint density at radius 3 is 2.94 bits per heavy atom. The van der Waals surface area contributed by atoms with E-state index in [0.29, 0.717) is 0 Å². The Balaban J connectivity index is 2.26. The van der Waals surface area contributed by atoms with Gasteiger partial charge in [0.05, 0.1) is 6.33 Å². The lowest BCUT2D eigenvalue weighted by Crippen LogP contribution is -2.11. The maximum atomic E-state index is 4.14. The highest BCUT2D eigenvalue weighted by Gasteiger charge is 2.00. The van der Waals surface area contributed by atoms with Crippen molar-refractivity contribution in [1.29, 1.82) is 0 Å². The van der Waals surface area contributed by atoms with Gasteiger partial charge in [-0.25, -0.2) is 4.98 Å². The summed E-state index contributed by atoms with van der Waals surface area (Å²) in [5.74, 6) is 0. The first kappa shape index (κ1) is 10.9. The highest BCUT2D eigenvalue weighted by atomic mass is 15.0. The minimum atomic E-state index is 0.915. The van der Waals surface area contributed by atoms with E-state index in [0.717, 1.165) is 18.8 Å². The first-order valence-electron chi connectivity index (χ1n) is 5.60. The number of nitrogens with zero attached hydrogens (tertiary/aromatic N) is 2. The lowest BCUT2D eigenvalue weighted by molar-refractivity contribution is 0.726. The molecule has 1 heterocycles. The van der Waals surface area contributed by atoms with Crippen molar-refractivity contribution in [2.24, 2.45) is 0 Å². The van der Waals surface area contributed by atoms with Crippen molar-refractivity contribution in [3.63, 3.8) is 0 Å². The van der Waals surface area contributed by atoms with Gasteiger partial charge in [-0.1, -0.05) is 19.1 Å². The van der Waals surface area contributed by atoms with Gasteiger partial charge in [-0.15, -0.1) is 0 Å². The van der Waals surface area contributed by atoms with Gasteiger partial charge in [-0.3, -0.25) is 0 Å². The standard InChI is InChI=1S/C13H17N3/c1-3-14-9-12-5-4-6-13(7-12)16-10-15-8-11(16)2/h4-8,10,14H,3,9H2,1-2H3. The van der Waals surface area contributed by atoms with Crippen LogP contribution in [0.4, 0.5) is 0 Å². The molecule has 0 aliphatic rings. The van der Waals surface area contributed by atoms with E-state index in [9.17, 15) is 0 Å². The molecule has 3 nitrogen and oxygen atoms in total. The Morgan fingerprint density at radius 1 is 1.38 bits per heavy atom. The fourth-order valence-electron chi connectivity index (χ4n) is 1.72. The van der Waals surface area contributed by atoms with Crippen molar-refractivity contribution in [1.82, 2.24) is 14.9 Å². The van der Waals surface area contributed by atoms with Crippen molar-refractivity contribution in [3.05, 3.63) is 48.0 Å². The summed E-state index contributed by atoms with van der Waals surface area (Å²) in [5, 5.41) is 3.33. The maximum absolute atomic E-state index is 4.14. The normalized spacial score (nSPS) is 10.6. The molecule has 0 aliphatic carbocycles. The molecule has 0 unspecified atom stereocenters. The molecular weight excluding hydrogens is 198 g/mol. The summed E-state index contributed by atoms with van der Waals surface area (Å²) in [6.07, 6.45) is 3.72. The van der Waals surface area contributed by atoms with Crippen LogP contribution in [0.1, 0.15) is 18.2 Å². The summed E-state index contributed by atoms with van der Waals surface area (Å²) in [7, 11) is 0. The number of hydrogen-bond acceptors (Lipinski definition) is 2. The SMILES string of the molecule is CCNCc1cccc(-n2cncc2C)c1. The lowest BCUT2D eigenvalue weighted by atomic mass is 10.2. The van der Waals surface area contributed by atoms with Crippen LogP contribution in [0, 0.1) is 6.92 Å². The van der Waals surface area contributed by atoms with Crippen molar-refractivity contribution in [3.8, 4) is 5.69 Å². The molecule has 0 spiro atoms. The fourth-order valence-corrected chi connectivity index (χ4v) is 1.72. The zero-order chi connectivity index (χ0) is 11.4. The molecule has 0 radical (unpaired) electrons. The minimum absolute atomic E-state index is 0.915. The summed E-state index contributed by atoms with van der Waals surface area (Å²) >= 11 is 0. The molecule has 0 fully saturated rings. The molecule has 16 heavy (non-hydrogen) atoms. The van der Waals surface area contributed by atoms with Crippen LogP contribution in [0.25, 0.3) is 5.69 Å². The molecule has 0 amide bonds. The van der Waals surface area contributed by atoms with Gasteiger partial charge < -0.3 is 9.88 Å². The van der Waals surface area contributed by atoms with Gasteiger partial charge in [-0.05, 0) is 31.2 Å². The number of aryl methyl sites for hydroxylation is 1. The van der Waals surface area contributed by atoms with Crippen LogP contribution in [-0.2, 0) is 6.54 Å². The van der Waals surface area contributed by atoms with E-state index < -0.39 is 0 Å². The van der Waals surface area contributed by atoms with Gasteiger partial charge in [-0.2, -0.15) is 0 Å². The Morgan fingerprint density at radius 2 is 2.25 bits per heavy atom. The van der Waals surface area contributed by atoms with E-state index in [2.05, 4.69) is 53.0 Å². The zero-order valence-corrected chi connectivity index (χ0v) is 9.77. The van der Waals surface area contributed by atoms with E-state index in [1.165, 1.54) is 11.3 Å². The van der Waals surface area contributed by atoms with Crippen molar-refractivity contribution in [2.75, 3.05) is 6.54 Å². The van der Waals surface area contributed by atoms with Crippen LogP contribution < -0.4 is 5.32 Å². The molecule has 84 valence electrons. The molecule has 0 aliphatic heterocycles. The molecule has 1 aromatic heterocycles. The summed E-state index contributed by atoms with van der Waals surface area (Å²) in [4.78, 5) is 4.14. The van der Waals surface area contributed by atoms with E-state index in [1.807, 2.05) is 12.5 Å². The number of aromatic nitrogens is 2. The van der Waals surface area contributed by atoms with Crippen LogP contribution in [0.2, 0.25) is 0 Å². The molecule has 0 atom stereocenters. The summed E-state index contributed by atoms with van der Waals surface area (Å²) < 4.78 is 2.09. The summed E-state index contributed by atoms with van der Waals surface area (Å²) in [6, 6.07) is 8.52. The smallest absolute Gasteiger partial charge is 0.0994 e. The molecule has 1 N–H and O–H groups in total. The first-order valence-corrected chi connectivity index (χ1v) is 5.60. The van der Waals surface area contributed by atoms with Crippen LogP contribution in [-0.4, -0.2) is 16.1 Å². The van der Waals surface area contributed by atoms with Crippen LogP contribution in [0.3, 0.4) is 0 Å². The predicted octanol–water partition coefficient (Wildman–Crippen LogP) is 2.29. The highest BCUT2D eigenvalue weighted by Crippen LogP contribution is 2.12. The lowest BCUT2D eigenvalue weighted by Gasteiger charge is -2.08. The number of benzene rings is 1. The minimum Gasteiger partial charge on any atom is -0.313 e. The fraction of sp³-hybridized carbons (Fsp3) is 0.308. The molecule has 3 heteroatoms. The summed E-state index contributed by atoms with van der Waals surface area (Å²) in [6.45, 7) is 6.08. The molecule has 2 rings (SSSR count). The average molecular weight is 215 g/mol. The van der Waals surface area contributed by atoms with E-state index in [-0.39, 0.29) is 0 Å². The third-order valence-corrected chi connectivity index (χ3v) is 2.59. The number of hydrogen-bond donors (Lipinski definition) is 1. The van der Waals surface area contributed by atoms with Crippen molar-refractivity contribution < 1.29 is 0 Å². The number of imidazole rings is 1. The first-order chi connectivity index (χ1) is 7.81. The molecule has 0 saturated heterocycles. The van der Waals surface area contributed by atoms with Crippen molar-refractivity contribution >= 4 is 0 Å². The van der Waals surface area contributed by atoms with Crippen LogP contribution >= 0.6 is 0 Å². The molecule has 0 bridgehead atoms. The Bertz CT molecular complexity index is 460. The van der Waals surface area contributed by atoms with Crippen molar-refractivity contribution in [2.45, 2.75) is 20.4 Å². The monoisotopic (exact) mass is 215 g/mol. The maximum Gasteiger partial charge on any atom is 0.0994 e. The Kier molecular flexibility index (Phi) is 3.37. The van der Waals surface area contributed by atoms with Gasteiger partial charge in [0.15, 0.2) is 0 Å². The third-order valence-electron chi connectivity index (χ3n) is 2.59. The molecule has 2 aromatic rings. The van der Waals surface area contributed by atoms with E-state index >= 15 is 0 Å². The van der Waals surface area contributed by atoms with Gasteiger partial charge in [0.25, 0.3) is 0 Å². The largest absolute Gasteiger partial charge is 0.313 e. The summed E-state index contributed by atoms with van der Waals surface area (Å²) in [5.41, 5.74) is 3.62. The molecule has 0 saturated carbocycles. The average Bonchev–Trinajstić information content (AvgIpc) is 2.73. The van der Waals surface area contributed by atoms with Crippen LogP contribution in [0.5, 0.6) is 0 Å². The second-order valence-electron chi connectivity index (χ2n) is 3.86. The van der Waals surface area contributed by atoms with Gasteiger partial charge >= 0.3 is 0 Å². The zero-order valence-electron chi connectivity index (χ0n) is 9.77. The molecule has 1 aromatic carbocycles. The second-order valence-corrected chi connectivity index (χ2v) is 3.86. The van der Waals surface area contributed by atoms with E-state index in [4.69, 9.17) is 0 Å². The number of nitrogens with one attached hydrogen (secondary N) is 1. The number of rotatable bonds is 4.